The van der Waals surface area contributed by atoms with E-state index in [9.17, 15) is 4.79 Å². The summed E-state index contributed by atoms with van der Waals surface area (Å²) < 4.78 is 4.48. The second kappa shape index (κ2) is 8.42. The van der Waals surface area contributed by atoms with Crippen molar-refractivity contribution in [2.45, 2.75) is 53.6 Å². The molecule has 1 aromatic heterocycles. The third kappa shape index (κ3) is 4.23. The lowest BCUT2D eigenvalue weighted by atomic mass is 10.1. The number of imidazole rings is 1. The molecule has 5 heteroatoms. The third-order valence-corrected chi connectivity index (χ3v) is 5.60. The first-order valence-corrected chi connectivity index (χ1v) is 9.99. The Morgan fingerprint density at radius 1 is 1.03 bits per heavy atom. The van der Waals surface area contributed by atoms with Crippen LogP contribution in [0.25, 0.3) is 11.3 Å². The highest BCUT2D eigenvalue weighted by Gasteiger charge is 2.29. The Bertz CT molecular complexity index is 1030. The van der Waals surface area contributed by atoms with Crippen LogP contribution in [0.3, 0.4) is 0 Å². The zero-order valence-corrected chi connectivity index (χ0v) is 18.3. The van der Waals surface area contributed by atoms with E-state index in [1.807, 2.05) is 13.8 Å². The summed E-state index contributed by atoms with van der Waals surface area (Å²) in [4.78, 5) is 12.8. The first kappa shape index (κ1) is 21.1. The Morgan fingerprint density at radius 2 is 1.69 bits per heavy atom. The molecule has 29 heavy (non-hydrogen) atoms. The minimum Gasteiger partial charge on any atom is -1.00 e. The molecule has 2 heterocycles. The molecule has 152 valence electrons. The topological polar surface area (TPSA) is 37.9 Å². The lowest BCUT2D eigenvalue weighted by Crippen LogP contribution is -3.00. The van der Waals surface area contributed by atoms with Gasteiger partial charge in [0.2, 0.25) is 0 Å². The molecule has 0 fully saturated rings. The van der Waals surface area contributed by atoms with Crippen LogP contribution < -0.4 is 22.3 Å². The van der Waals surface area contributed by atoms with E-state index in [4.69, 9.17) is 0 Å². The van der Waals surface area contributed by atoms with Crippen LogP contribution in [-0.2, 0) is 24.3 Å². The molecule has 0 saturated heterocycles. The zero-order valence-electron chi connectivity index (χ0n) is 17.6. The van der Waals surface area contributed by atoms with Gasteiger partial charge in [0, 0.05) is 11.3 Å². The van der Waals surface area contributed by atoms with Gasteiger partial charge < -0.3 is 17.7 Å². The number of rotatable bonds is 4. The van der Waals surface area contributed by atoms with Gasteiger partial charge in [-0.15, -0.1) is 0 Å². The fourth-order valence-electron chi connectivity index (χ4n) is 4.31. The molecule has 0 bridgehead atoms. The molecule has 1 amide bonds. The Morgan fingerprint density at radius 3 is 2.34 bits per heavy atom. The minimum absolute atomic E-state index is 0. The molecule has 0 radical (unpaired) electrons. The predicted molar refractivity (Wildman–Crippen MR) is 112 cm³/mol. The van der Waals surface area contributed by atoms with Crippen molar-refractivity contribution in [3.05, 3.63) is 70.7 Å². The number of benzene rings is 2. The SMILES string of the molecule is Cc1ccc(-c2c[n+](CC(=O)Nc3c(C)cc(C)cc3C)c3n2CCC3)cc1.[Cl-]. The van der Waals surface area contributed by atoms with E-state index in [2.05, 4.69) is 70.9 Å². The van der Waals surface area contributed by atoms with Crippen LogP contribution >= 0.6 is 0 Å². The number of aromatic nitrogens is 2. The Labute approximate surface area is 179 Å². The zero-order chi connectivity index (χ0) is 19.8. The lowest BCUT2D eigenvalue weighted by molar-refractivity contribution is -0.690. The number of hydrogen-bond donors (Lipinski definition) is 1. The molecule has 0 spiro atoms. The summed E-state index contributed by atoms with van der Waals surface area (Å²) in [6, 6.07) is 12.8. The first-order valence-electron chi connectivity index (χ1n) is 9.99. The van der Waals surface area contributed by atoms with E-state index in [1.54, 1.807) is 0 Å². The maximum absolute atomic E-state index is 12.8. The molecule has 0 unspecified atom stereocenters. The third-order valence-electron chi connectivity index (χ3n) is 5.60. The van der Waals surface area contributed by atoms with Gasteiger partial charge in [0.15, 0.2) is 12.2 Å². The van der Waals surface area contributed by atoms with Crippen LogP contribution in [0.2, 0.25) is 0 Å². The molecule has 1 aliphatic heterocycles. The van der Waals surface area contributed by atoms with Crippen molar-refractivity contribution in [2.24, 2.45) is 0 Å². The van der Waals surface area contributed by atoms with Crippen LogP contribution in [0.4, 0.5) is 5.69 Å². The molecular formula is C24H28ClN3O. The average Bonchev–Trinajstić information content (AvgIpc) is 3.23. The standard InChI is InChI=1S/C24H27N3O.ClH/c1-16-7-9-20(10-8-16)21-14-26(23-6-5-11-27(21)23)15-22(28)25-24-18(3)12-17(2)13-19(24)4;/h7-10,12-14H,5-6,11,15H2,1-4H3;1H. The van der Waals surface area contributed by atoms with Gasteiger partial charge in [-0.3, -0.25) is 4.79 Å². The first-order chi connectivity index (χ1) is 13.4. The Kier molecular flexibility index (Phi) is 6.13. The smallest absolute Gasteiger partial charge is 0.266 e. The molecule has 0 aliphatic carbocycles. The number of nitrogens with zero attached hydrogens (tertiary/aromatic N) is 2. The fraction of sp³-hybridized carbons (Fsp3) is 0.333. The van der Waals surface area contributed by atoms with Crippen LogP contribution in [0, 0.1) is 27.7 Å². The quantitative estimate of drug-likeness (QED) is 0.647. The van der Waals surface area contributed by atoms with Crippen LogP contribution in [0.15, 0.2) is 42.6 Å². The van der Waals surface area contributed by atoms with Crippen LogP contribution in [-0.4, -0.2) is 10.5 Å². The number of halogens is 1. The van der Waals surface area contributed by atoms with Crippen molar-refractivity contribution in [3.8, 4) is 11.3 Å². The molecule has 4 rings (SSSR count). The molecule has 2 aromatic carbocycles. The monoisotopic (exact) mass is 409 g/mol. The predicted octanol–water partition coefficient (Wildman–Crippen LogP) is 1.27. The number of anilines is 1. The second-order valence-electron chi connectivity index (χ2n) is 8.00. The van der Waals surface area contributed by atoms with E-state index < -0.39 is 0 Å². The molecule has 0 atom stereocenters. The fourth-order valence-corrected chi connectivity index (χ4v) is 4.31. The van der Waals surface area contributed by atoms with E-state index in [1.165, 1.54) is 28.2 Å². The number of carbonyl (C=O) groups excluding carboxylic acids is 1. The average molecular weight is 410 g/mol. The van der Waals surface area contributed by atoms with Crippen molar-refractivity contribution >= 4 is 11.6 Å². The maximum atomic E-state index is 12.8. The van der Waals surface area contributed by atoms with Gasteiger partial charge in [-0.1, -0.05) is 47.5 Å². The van der Waals surface area contributed by atoms with Crippen LogP contribution in [0.1, 0.15) is 34.5 Å². The van der Waals surface area contributed by atoms with Crippen molar-refractivity contribution in [1.82, 2.24) is 4.57 Å². The van der Waals surface area contributed by atoms with Gasteiger partial charge >= 0.3 is 0 Å². The van der Waals surface area contributed by atoms with Crippen LogP contribution in [0.5, 0.6) is 0 Å². The molecule has 1 aliphatic rings. The van der Waals surface area contributed by atoms with Gasteiger partial charge in [-0.25, -0.2) is 9.13 Å². The van der Waals surface area contributed by atoms with E-state index >= 15 is 0 Å². The molecular weight excluding hydrogens is 382 g/mol. The van der Waals surface area contributed by atoms with Gasteiger partial charge in [0.1, 0.15) is 6.20 Å². The van der Waals surface area contributed by atoms with E-state index in [0.717, 1.165) is 36.2 Å². The lowest BCUT2D eigenvalue weighted by Gasteiger charge is -2.12. The number of carbonyl (C=O) groups is 1. The largest absolute Gasteiger partial charge is 1.00 e. The molecule has 0 saturated carbocycles. The maximum Gasteiger partial charge on any atom is 0.266 e. The van der Waals surface area contributed by atoms with Crippen molar-refractivity contribution in [3.63, 3.8) is 0 Å². The number of fused-ring (bicyclic) bond motifs is 1. The highest BCUT2D eigenvalue weighted by atomic mass is 35.5. The van der Waals surface area contributed by atoms with E-state index in [0.29, 0.717) is 6.54 Å². The van der Waals surface area contributed by atoms with Gasteiger partial charge in [0.05, 0.1) is 13.0 Å². The van der Waals surface area contributed by atoms with Crippen molar-refractivity contribution < 1.29 is 21.8 Å². The molecule has 3 aromatic rings. The molecule has 1 N–H and O–H groups in total. The summed E-state index contributed by atoms with van der Waals surface area (Å²) in [5.74, 6) is 1.26. The summed E-state index contributed by atoms with van der Waals surface area (Å²) in [5.41, 5.74) is 8.03. The summed E-state index contributed by atoms with van der Waals surface area (Å²) in [6.07, 6.45) is 4.28. The Hall–Kier alpha value is -2.59. The van der Waals surface area contributed by atoms with Gasteiger partial charge in [0.25, 0.3) is 11.7 Å². The highest BCUT2D eigenvalue weighted by molar-refractivity contribution is 5.91. The number of hydrogen-bond acceptors (Lipinski definition) is 1. The van der Waals surface area contributed by atoms with Crippen molar-refractivity contribution in [1.29, 1.82) is 0 Å². The number of amides is 1. The summed E-state index contributed by atoms with van der Waals surface area (Å²) in [5, 5.41) is 3.13. The van der Waals surface area contributed by atoms with Crippen molar-refractivity contribution in [2.75, 3.05) is 5.32 Å². The summed E-state index contributed by atoms with van der Waals surface area (Å²) in [6.45, 7) is 9.64. The van der Waals surface area contributed by atoms with E-state index in [-0.39, 0.29) is 18.3 Å². The highest BCUT2D eigenvalue weighted by Crippen LogP contribution is 2.25. The molecule has 4 nitrogen and oxygen atoms in total. The summed E-state index contributed by atoms with van der Waals surface area (Å²) >= 11 is 0. The normalized spacial score (nSPS) is 12.4. The van der Waals surface area contributed by atoms with Gasteiger partial charge in [-0.05, 0) is 45.2 Å². The second-order valence-corrected chi connectivity index (χ2v) is 8.00. The Balaban J connectivity index is 0.00000240. The number of aryl methyl sites for hydroxylation is 4. The minimum atomic E-state index is 0. The summed E-state index contributed by atoms with van der Waals surface area (Å²) in [7, 11) is 0. The number of nitrogens with one attached hydrogen (secondary N) is 1. The van der Waals surface area contributed by atoms with Gasteiger partial charge in [-0.2, -0.15) is 0 Å².